The largest absolute Gasteiger partial charge is 0.119 e. The summed E-state index contributed by atoms with van der Waals surface area (Å²) in [4.78, 5) is 0. The van der Waals surface area contributed by atoms with Crippen molar-refractivity contribution in [3.63, 3.8) is 0 Å². The topological polar surface area (TPSA) is 0 Å². The summed E-state index contributed by atoms with van der Waals surface area (Å²) in [6.45, 7) is 4.56. The van der Waals surface area contributed by atoms with Crippen LogP contribution in [-0.2, 0) is 10.9 Å². The van der Waals surface area contributed by atoms with Crippen molar-refractivity contribution in [3.05, 3.63) is 41.3 Å². The Kier molecular flexibility index (Phi) is 7.91. The number of benzene rings is 1. The van der Waals surface area contributed by atoms with Crippen LogP contribution in [0.4, 0.5) is 0 Å². The molecule has 0 saturated carbocycles. The van der Waals surface area contributed by atoms with Crippen LogP contribution in [0.25, 0.3) is 6.08 Å². The van der Waals surface area contributed by atoms with E-state index in [9.17, 15) is 0 Å². The van der Waals surface area contributed by atoms with Crippen LogP contribution in [-0.4, -0.2) is 11.5 Å². The summed E-state index contributed by atoms with van der Waals surface area (Å²) in [5.74, 6) is 2.75. The molecule has 0 spiro atoms. The highest BCUT2D eigenvalue weighted by Crippen LogP contribution is 2.10. The maximum Gasteiger partial charge on any atom is 0.119 e. The van der Waals surface area contributed by atoms with Gasteiger partial charge in [-0.2, -0.15) is 0 Å². The van der Waals surface area contributed by atoms with Gasteiger partial charge in [-0.25, -0.2) is 0 Å². The van der Waals surface area contributed by atoms with E-state index >= 15 is 0 Å². The van der Waals surface area contributed by atoms with E-state index < -0.39 is 0 Å². The van der Waals surface area contributed by atoms with Gasteiger partial charge in [0, 0.05) is 10.9 Å². The zero-order valence-corrected chi connectivity index (χ0v) is 12.0. The Morgan fingerprint density at radius 2 is 1.53 bits per heavy atom. The van der Waals surface area contributed by atoms with Gasteiger partial charge < -0.3 is 0 Å². The molecule has 0 unspecified atom stereocenters. The Morgan fingerprint density at radius 1 is 0.941 bits per heavy atom. The van der Waals surface area contributed by atoms with E-state index in [-0.39, 0.29) is 0 Å². The fourth-order valence-electron chi connectivity index (χ4n) is 1.64. The van der Waals surface area contributed by atoms with Gasteiger partial charge in [-0.15, -0.1) is 0 Å². The number of rotatable bonds is 8. The van der Waals surface area contributed by atoms with Crippen LogP contribution in [0.2, 0.25) is 0 Å². The highest BCUT2D eigenvalue weighted by Gasteiger charge is 2.12. The lowest BCUT2D eigenvalue weighted by atomic mass is 10.2. The van der Waals surface area contributed by atoms with Crippen LogP contribution in [0.1, 0.15) is 45.1 Å². The molecule has 0 bridgehead atoms. The zero-order chi connectivity index (χ0) is 12.3. The van der Waals surface area contributed by atoms with Gasteiger partial charge >= 0.3 is 0 Å². The van der Waals surface area contributed by atoms with E-state index in [4.69, 9.17) is 0 Å². The Labute approximate surface area is 109 Å². The SMILES string of the molecule is CCCC[S+](/C=C/c1ccccc1)CCCC. The molecule has 0 fully saturated rings. The van der Waals surface area contributed by atoms with Gasteiger partial charge in [0.15, 0.2) is 0 Å². The predicted molar refractivity (Wildman–Crippen MR) is 82.4 cm³/mol. The maximum absolute atomic E-state index is 2.45. The summed E-state index contributed by atoms with van der Waals surface area (Å²) in [5, 5.41) is 2.45. The first-order chi connectivity index (χ1) is 8.36. The van der Waals surface area contributed by atoms with Gasteiger partial charge in [0.05, 0.1) is 0 Å². The molecule has 0 radical (unpaired) electrons. The van der Waals surface area contributed by atoms with Crippen LogP contribution in [0, 0.1) is 0 Å². The Hall–Kier alpha value is -0.690. The first-order valence-corrected chi connectivity index (χ1v) is 8.39. The third-order valence-electron chi connectivity index (χ3n) is 2.77. The second kappa shape index (κ2) is 9.35. The minimum absolute atomic E-state index is 0.495. The lowest BCUT2D eigenvalue weighted by Gasteiger charge is -2.02. The Morgan fingerprint density at radius 3 is 2.06 bits per heavy atom. The molecule has 94 valence electrons. The zero-order valence-electron chi connectivity index (χ0n) is 11.2. The second-order valence-electron chi connectivity index (χ2n) is 4.37. The van der Waals surface area contributed by atoms with Crippen molar-refractivity contribution in [3.8, 4) is 0 Å². The molecule has 0 atom stereocenters. The summed E-state index contributed by atoms with van der Waals surface area (Å²) in [5.41, 5.74) is 1.33. The number of hydrogen-bond donors (Lipinski definition) is 0. The Bertz CT molecular complexity index is 295. The standard InChI is InChI=1S/C16H25S/c1-3-5-13-17(14-6-4-2)15-12-16-10-8-7-9-11-16/h7-12,15H,3-6,13-14H2,1-2H3/q+1/b15-12+. The maximum atomic E-state index is 2.45. The highest BCUT2D eigenvalue weighted by atomic mass is 32.2. The van der Waals surface area contributed by atoms with Crippen molar-refractivity contribution in [2.45, 2.75) is 39.5 Å². The second-order valence-corrected chi connectivity index (χ2v) is 6.53. The minimum Gasteiger partial charge on any atom is -0.0652 e. The summed E-state index contributed by atoms with van der Waals surface area (Å²) >= 11 is 0. The van der Waals surface area contributed by atoms with E-state index in [0.29, 0.717) is 10.9 Å². The van der Waals surface area contributed by atoms with Crippen molar-refractivity contribution >= 4 is 17.0 Å². The van der Waals surface area contributed by atoms with Gasteiger partial charge in [0.2, 0.25) is 0 Å². The molecule has 17 heavy (non-hydrogen) atoms. The molecule has 0 aliphatic carbocycles. The lowest BCUT2D eigenvalue weighted by molar-refractivity contribution is 0.874. The van der Waals surface area contributed by atoms with Gasteiger partial charge in [0.25, 0.3) is 0 Å². The van der Waals surface area contributed by atoms with E-state index in [1.165, 1.54) is 42.8 Å². The van der Waals surface area contributed by atoms with Crippen molar-refractivity contribution in [1.82, 2.24) is 0 Å². The van der Waals surface area contributed by atoms with Gasteiger partial charge in [-0.3, -0.25) is 0 Å². The molecular weight excluding hydrogens is 224 g/mol. The molecule has 1 rings (SSSR count). The van der Waals surface area contributed by atoms with Gasteiger partial charge in [-0.1, -0.05) is 57.0 Å². The lowest BCUT2D eigenvalue weighted by Crippen LogP contribution is -2.08. The molecule has 1 heteroatoms. The average Bonchev–Trinajstić information content (AvgIpc) is 2.39. The van der Waals surface area contributed by atoms with Gasteiger partial charge in [0.1, 0.15) is 16.9 Å². The smallest absolute Gasteiger partial charge is 0.0652 e. The molecular formula is C16H25S+. The fourth-order valence-corrected chi connectivity index (χ4v) is 3.78. The van der Waals surface area contributed by atoms with Crippen LogP contribution in [0.5, 0.6) is 0 Å². The minimum atomic E-state index is 0.495. The molecule has 1 aromatic rings. The molecule has 1 aromatic carbocycles. The quantitative estimate of drug-likeness (QED) is 0.576. The van der Waals surface area contributed by atoms with E-state index in [0.717, 1.165) is 0 Å². The molecule has 0 heterocycles. The van der Waals surface area contributed by atoms with E-state index in [2.05, 4.69) is 55.7 Å². The summed E-state index contributed by atoms with van der Waals surface area (Å²) in [7, 11) is 0.495. The van der Waals surface area contributed by atoms with Crippen LogP contribution in [0.15, 0.2) is 35.7 Å². The van der Waals surface area contributed by atoms with E-state index in [1.807, 2.05) is 0 Å². The van der Waals surface area contributed by atoms with Crippen LogP contribution < -0.4 is 0 Å². The third-order valence-corrected chi connectivity index (χ3v) is 4.92. The Balaban J connectivity index is 2.49. The summed E-state index contributed by atoms with van der Waals surface area (Å²) in [6.07, 6.45) is 7.66. The predicted octanol–water partition coefficient (Wildman–Crippen LogP) is 4.88. The molecule has 0 aliphatic heterocycles. The molecule has 0 N–H and O–H groups in total. The molecule has 0 aromatic heterocycles. The molecule has 0 saturated heterocycles. The molecule has 0 amide bonds. The van der Waals surface area contributed by atoms with E-state index in [1.54, 1.807) is 0 Å². The highest BCUT2D eigenvalue weighted by molar-refractivity contribution is 7.99. The van der Waals surface area contributed by atoms with Crippen LogP contribution >= 0.6 is 0 Å². The van der Waals surface area contributed by atoms with Crippen molar-refractivity contribution in [2.75, 3.05) is 11.5 Å². The third kappa shape index (κ3) is 6.58. The van der Waals surface area contributed by atoms with Crippen LogP contribution in [0.3, 0.4) is 0 Å². The first kappa shape index (κ1) is 14.4. The normalized spacial score (nSPS) is 11.5. The fraction of sp³-hybridized carbons (Fsp3) is 0.500. The average molecular weight is 249 g/mol. The summed E-state index contributed by atoms with van der Waals surface area (Å²) in [6, 6.07) is 10.6. The molecule has 0 aliphatic rings. The first-order valence-electron chi connectivity index (χ1n) is 6.76. The van der Waals surface area contributed by atoms with Crippen molar-refractivity contribution in [2.24, 2.45) is 0 Å². The van der Waals surface area contributed by atoms with Crippen molar-refractivity contribution in [1.29, 1.82) is 0 Å². The van der Waals surface area contributed by atoms with Crippen molar-refractivity contribution < 1.29 is 0 Å². The molecule has 0 nitrogen and oxygen atoms in total. The number of unbranched alkanes of at least 4 members (excludes halogenated alkanes) is 2. The number of hydrogen-bond acceptors (Lipinski definition) is 0. The van der Waals surface area contributed by atoms with Gasteiger partial charge in [-0.05, 0) is 24.5 Å². The summed E-state index contributed by atoms with van der Waals surface area (Å²) < 4.78 is 0. The monoisotopic (exact) mass is 249 g/mol.